The quantitative estimate of drug-likeness (QED) is 0.493. The van der Waals surface area contributed by atoms with E-state index in [9.17, 15) is 9.59 Å². The highest BCUT2D eigenvalue weighted by Crippen LogP contribution is 2.24. The third kappa shape index (κ3) is 4.94. The lowest BCUT2D eigenvalue weighted by molar-refractivity contribution is -0.115. The number of halogens is 2. The van der Waals surface area contributed by atoms with Gasteiger partial charge in [-0.25, -0.2) is 0 Å². The van der Waals surface area contributed by atoms with Crippen molar-refractivity contribution in [3.63, 3.8) is 0 Å². The Bertz CT molecular complexity index is 694. The van der Waals surface area contributed by atoms with Gasteiger partial charge in [-0.1, -0.05) is 29.3 Å². The Morgan fingerprint density at radius 1 is 1.24 bits per heavy atom. The van der Waals surface area contributed by atoms with Crippen LogP contribution in [0.2, 0.25) is 10.0 Å². The zero-order valence-electron chi connectivity index (χ0n) is 13.4. The maximum atomic E-state index is 12.4. The molecule has 0 atom stereocenters. The highest BCUT2D eigenvalue weighted by Gasteiger charge is 2.23. The molecule has 1 aromatic carbocycles. The molecule has 7 nitrogen and oxygen atoms in total. The van der Waals surface area contributed by atoms with Crippen LogP contribution in [-0.2, 0) is 4.79 Å². The van der Waals surface area contributed by atoms with Gasteiger partial charge in [-0.3, -0.25) is 15.0 Å². The van der Waals surface area contributed by atoms with Crippen molar-refractivity contribution in [1.29, 1.82) is 5.41 Å². The second kappa shape index (κ2) is 8.84. The van der Waals surface area contributed by atoms with Crippen molar-refractivity contribution in [2.75, 3.05) is 13.1 Å². The maximum Gasteiger partial charge on any atom is 0.271 e. The average molecular weight is 384 g/mol. The van der Waals surface area contributed by atoms with Crippen LogP contribution in [0.3, 0.4) is 0 Å². The van der Waals surface area contributed by atoms with Crippen LogP contribution in [0.15, 0.2) is 30.1 Å². The molecule has 1 aliphatic rings. The van der Waals surface area contributed by atoms with E-state index in [-0.39, 0.29) is 27.3 Å². The molecular formula is C16H19Cl2N5O2. The Balaban J connectivity index is 2.04. The molecule has 0 aromatic heterocycles. The molecule has 1 aromatic rings. The smallest absolute Gasteiger partial charge is 0.271 e. The monoisotopic (exact) mass is 383 g/mol. The van der Waals surface area contributed by atoms with Crippen molar-refractivity contribution in [2.45, 2.75) is 18.9 Å². The van der Waals surface area contributed by atoms with Gasteiger partial charge in [0.2, 0.25) is 0 Å². The molecule has 1 heterocycles. The topological polar surface area (TPSA) is 120 Å². The Hall–Kier alpha value is -2.09. The minimum absolute atomic E-state index is 0.0122. The van der Waals surface area contributed by atoms with Gasteiger partial charge in [0.1, 0.15) is 5.71 Å². The molecule has 2 amide bonds. The van der Waals surface area contributed by atoms with E-state index in [2.05, 4.69) is 16.0 Å². The molecule has 9 heteroatoms. The second-order valence-corrected chi connectivity index (χ2v) is 6.32. The number of carbonyl (C=O) groups is 2. The number of amides is 2. The third-order valence-corrected chi connectivity index (χ3v) is 4.41. The van der Waals surface area contributed by atoms with Crippen LogP contribution < -0.4 is 21.7 Å². The van der Waals surface area contributed by atoms with Crippen molar-refractivity contribution in [3.8, 4) is 0 Å². The van der Waals surface area contributed by atoms with Crippen LogP contribution in [-0.4, -0.2) is 36.7 Å². The average Bonchev–Trinajstić information content (AvgIpc) is 2.59. The van der Waals surface area contributed by atoms with Gasteiger partial charge in [-0.05, 0) is 38.1 Å². The zero-order valence-corrected chi connectivity index (χ0v) is 14.9. The summed E-state index contributed by atoms with van der Waals surface area (Å²) >= 11 is 12.0. The summed E-state index contributed by atoms with van der Waals surface area (Å²) in [6.07, 6.45) is 2.55. The van der Waals surface area contributed by atoms with Crippen molar-refractivity contribution in [1.82, 2.24) is 16.0 Å². The minimum Gasteiger partial charge on any atom is -0.403 e. The Morgan fingerprint density at radius 2 is 1.84 bits per heavy atom. The van der Waals surface area contributed by atoms with Crippen LogP contribution in [0.4, 0.5) is 0 Å². The van der Waals surface area contributed by atoms with E-state index < -0.39 is 17.5 Å². The van der Waals surface area contributed by atoms with E-state index in [1.165, 1.54) is 12.1 Å². The number of hydrogen-bond donors (Lipinski definition) is 5. The van der Waals surface area contributed by atoms with Crippen molar-refractivity contribution < 1.29 is 9.59 Å². The summed E-state index contributed by atoms with van der Waals surface area (Å²) in [6, 6.07) is 4.63. The molecule has 2 rings (SSSR count). The maximum absolute atomic E-state index is 12.4. The van der Waals surface area contributed by atoms with Gasteiger partial charge >= 0.3 is 0 Å². The number of nitrogens with two attached hydrogens (primary N) is 1. The molecule has 0 bridgehead atoms. The summed E-state index contributed by atoms with van der Waals surface area (Å²) in [5.74, 6) is -1.25. The van der Waals surface area contributed by atoms with E-state index in [1.807, 2.05) is 0 Å². The Kier molecular flexibility index (Phi) is 6.81. The van der Waals surface area contributed by atoms with Gasteiger partial charge in [-0.2, -0.15) is 0 Å². The lowest BCUT2D eigenvalue weighted by Crippen LogP contribution is -2.46. The predicted octanol–water partition coefficient (Wildman–Crippen LogP) is 1.41. The van der Waals surface area contributed by atoms with E-state index in [1.54, 1.807) is 6.07 Å². The molecule has 1 aliphatic heterocycles. The summed E-state index contributed by atoms with van der Waals surface area (Å²) < 4.78 is 0. The zero-order chi connectivity index (χ0) is 18.4. The first-order chi connectivity index (χ1) is 11.9. The van der Waals surface area contributed by atoms with Gasteiger partial charge < -0.3 is 21.7 Å². The number of hydrogen-bond acceptors (Lipinski definition) is 5. The summed E-state index contributed by atoms with van der Waals surface area (Å²) in [4.78, 5) is 24.6. The highest BCUT2D eigenvalue weighted by molar-refractivity contribution is 6.45. The summed E-state index contributed by atoms with van der Waals surface area (Å²) in [5, 5.41) is 16.7. The van der Waals surface area contributed by atoms with Crippen LogP contribution >= 0.6 is 23.2 Å². The lowest BCUT2D eigenvalue weighted by atomic mass is 10.1. The minimum atomic E-state index is -0.647. The largest absolute Gasteiger partial charge is 0.403 e. The van der Waals surface area contributed by atoms with Gasteiger partial charge in [0.25, 0.3) is 11.8 Å². The molecule has 134 valence electrons. The first-order valence-corrected chi connectivity index (χ1v) is 8.47. The standard InChI is InChI=1S/C16H19Cl2N5O2/c17-10-2-1-3-11(18)13(10)15(24)23-12(8-19)14(20)16(25)22-9-4-6-21-7-5-9/h1-3,8-9,20-21H,4-7,19H2,(H,22,25)(H,23,24)/b12-8+,20-14?. The number of piperidine rings is 1. The summed E-state index contributed by atoms with van der Waals surface area (Å²) in [7, 11) is 0. The number of rotatable bonds is 5. The van der Waals surface area contributed by atoms with E-state index >= 15 is 0 Å². The third-order valence-electron chi connectivity index (χ3n) is 3.78. The fourth-order valence-corrected chi connectivity index (χ4v) is 3.00. The number of nitrogens with one attached hydrogen (secondary N) is 4. The molecule has 0 unspecified atom stereocenters. The van der Waals surface area contributed by atoms with Gasteiger partial charge in [0, 0.05) is 12.2 Å². The summed E-state index contributed by atoms with van der Waals surface area (Å²) in [5.41, 5.74) is 4.98. The first-order valence-electron chi connectivity index (χ1n) is 7.71. The molecule has 0 aliphatic carbocycles. The van der Waals surface area contributed by atoms with Gasteiger partial charge in [0.05, 0.1) is 21.3 Å². The van der Waals surface area contributed by atoms with Crippen LogP contribution in [0, 0.1) is 5.41 Å². The second-order valence-electron chi connectivity index (χ2n) is 5.50. The SMILES string of the molecule is N=C(C(=O)NC1CCNCC1)/C(=C\N)NC(=O)c1c(Cl)cccc1Cl. The fourth-order valence-electron chi connectivity index (χ4n) is 2.43. The molecule has 1 saturated heterocycles. The Labute approximate surface area is 155 Å². The lowest BCUT2D eigenvalue weighted by Gasteiger charge is -2.24. The highest BCUT2D eigenvalue weighted by atomic mass is 35.5. The molecule has 1 fully saturated rings. The molecule has 0 radical (unpaired) electrons. The van der Waals surface area contributed by atoms with Crippen LogP contribution in [0.1, 0.15) is 23.2 Å². The van der Waals surface area contributed by atoms with E-state index in [0.29, 0.717) is 0 Å². The summed E-state index contributed by atoms with van der Waals surface area (Å²) in [6.45, 7) is 1.61. The predicted molar refractivity (Wildman–Crippen MR) is 98.0 cm³/mol. The molecule has 0 saturated carbocycles. The number of benzene rings is 1. The Morgan fingerprint density at radius 3 is 2.40 bits per heavy atom. The molecule has 25 heavy (non-hydrogen) atoms. The molecular weight excluding hydrogens is 365 g/mol. The first kappa shape index (κ1) is 19.2. The van der Waals surface area contributed by atoms with Gasteiger partial charge in [-0.15, -0.1) is 0 Å². The van der Waals surface area contributed by atoms with Crippen molar-refractivity contribution in [2.24, 2.45) is 5.73 Å². The van der Waals surface area contributed by atoms with E-state index in [0.717, 1.165) is 32.1 Å². The van der Waals surface area contributed by atoms with Gasteiger partial charge in [0.15, 0.2) is 0 Å². The van der Waals surface area contributed by atoms with Crippen LogP contribution in [0.25, 0.3) is 0 Å². The number of carbonyl (C=O) groups excluding carboxylic acids is 2. The van der Waals surface area contributed by atoms with Crippen molar-refractivity contribution >= 4 is 40.7 Å². The normalized spacial score (nSPS) is 15.5. The molecule has 6 N–H and O–H groups in total. The van der Waals surface area contributed by atoms with E-state index in [4.69, 9.17) is 34.3 Å². The van der Waals surface area contributed by atoms with Crippen LogP contribution in [0.5, 0.6) is 0 Å². The molecule has 0 spiro atoms. The van der Waals surface area contributed by atoms with Crippen molar-refractivity contribution in [3.05, 3.63) is 45.7 Å². The fraction of sp³-hybridized carbons (Fsp3) is 0.312.